The Morgan fingerprint density at radius 3 is 1.95 bits per heavy atom. The van der Waals surface area contributed by atoms with Crippen molar-refractivity contribution in [2.45, 2.75) is 43.5 Å². The van der Waals surface area contributed by atoms with Crippen LogP contribution in [0.2, 0.25) is 0 Å². The summed E-state index contributed by atoms with van der Waals surface area (Å²) in [6, 6.07) is 7.48. The number of phenols is 7. The second-order valence-electron chi connectivity index (χ2n) is 9.68. The molecule has 10 N–H and O–H groups in total. The third-order valence-electron chi connectivity index (χ3n) is 6.63. The fraction of sp³-hybridized carbons (Fsp3) is 0.286. The highest BCUT2D eigenvalue weighted by Gasteiger charge is 2.45. The molecule has 15 heteroatoms. The maximum absolute atomic E-state index is 12.7. The third-order valence-corrected chi connectivity index (χ3v) is 6.63. The Hall–Kier alpha value is -4.96. The number of phenolic OH excluding ortho intramolecular Hbond substituents is 7. The van der Waals surface area contributed by atoms with Crippen LogP contribution < -0.4 is 4.74 Å². The van der Waals surface area contributed by atoms with Gasteiger partial charge in [-0.05, 0) is 36.2 Å². The van der Waals surface area contributed by atoms with Crippen LogP contribution in [0.5, 0.6) is 46.0 Å². The number of aromatic hydroxyl groups is 7. The first-order chi connectivity index (χ1) is 20.3. The lowest BCUT2D eigenvalue weighted by molar-refractivity contribution is -0.277. The topological polar surface area (TPSA) is 264 Å². The van der Waals surface area contributed by atoms with Crippen molar-refractivity contribution in [2.24, 2.45) is 0 Å². The molecular weight excluding hydrogens is 576 g/mol. The first kappa shape index (κ1) is 31.0. The maximum Gasteiger partial charge on any atom is 0.338 e. The number of benzene rings is 3. The second kappa shape index (κ2) is 12.5. The molecule has 3 aromatic rings. The van der Waals surface area contributed by atoms with Crippen LogP contribution >= 0.6 is 0 Å². The first-order valence-corrected chi connectivity index (χ1v) is 12.6. The molecule has 0 aliphatic carbocycles. The van der Waals surface area contributed by atoms with E-state index in [0.29, 0.717) is 5.56 Å². The first-order valence-electron chi connectivity index (χ1n) is 12.6. The van der Waals surface area contributed by atoms with Crippen molar-refractivity contribution in [3.8, 4) is 46.0 Å². The summed E-state index contributed by atoms with van der Waals surface area (Å²) in [6.45, 7) is -0.714. The monoisotopic (exact) mass is 604 g/mol. The molecule has 230 valence electrons. The quantitative estimate of drug-likeness (QED) is 0.0904. The van der Waals surface area contributed by atoms with Crippen molar-refractivity contribution in [3.05, 3.63) is 59.2 Å². The Bertz CT molecular complexity index is 1470. The average Bonchev–Trinajstić information content (AvgIpc) is 2.95. The highest BCUT2D eigenvalue weighted by molar-refractivity contribution is 6.01. The number of esters is 1. The van der Waals surface area contributed by atoms with Crippen molar-refractivity contribution in [2.75, 3.05) is 6.61 Å². The molecule has 0 amide bonds. The molecule has 1 saturated heterocycles. The summed E-state index contributed by atoms with van der Waals surface area (Å²) in [6.07, 6.45) is -8.80. The van der Waals surface area contributed by atoms with Gasteiger partial charge in [-0.15, -0.1) is 0 Å². The second-order valence-corrected chi connectivity index (χ2v) is 9.68. The number of aliphatic hydroxyl groups is 3. The molecule has 5 atom stereocenters. The van der Waals surface area contributed by atoms with Gasteiger partial charge in [0.2, 0.25) is 6.29 Å². The van der Waals surface area contributed by atoms with Crippen molar-refractivity contribution in [1.82, 2.24) is 0 Å². The van der Waals surface area contributed by atoms with E-state index in [1.165, 1.54) is 18.2 Å². The van der Waals surface area contributed by atoms with Crippen LogP contribution in [-0.4, -0.2) is 100 Å². The molecule has 0 aromatic heterocycles. The molecule has 1 heterocycles. The Morgan fingerprint density at radius 2 is 1.35 bits per heavy atom. The zero-order valence-corrected chi connectivity index (χ0v) is 22.1. The fourth-order valence-corrected chi connectivity index (χ4v) is 4.30. The smallest absolute Gasteiger partial charge is 0.338 e. The Morgan fingerprint density at radius 1 is 0.721 bits per heavy atom. The number of Topliss-reactive ketones (excluding diaryl/α,β-unsaturated/α-hetero) is 1. The average molecular weight is 605 g/mol. The van der Waals surface area contributed by atoms with E-state index < -0.39 is 83.4 Å². The van der Waals surface area contributed by atoms with Crippen LogP contribution in [-0.2, 0) is 15.9 Å². The summed E-state index contributed by atoms with van der Waals surface area (Å²) < 4.78 is 15.9. The molecule has 1 aliphatic heterocycles. The summed E-state index contributed by atoms with van der Waals surface area (Å²) in [7, 11) is 0. The largest absolute Gasteiger partial charge is 0.507 e. The predicted molar refractivity (Wildman–Crippen MR) is 141 cm³/mol. The molecule has 1 fully saturated rings. The molecule has 3 aromatic carbocycles. The van der Waals surface area contributed by atoms with Crippen molar-refractivity contribution in [1.29, 1.82) is 0 Å². The van der Waals surface area contributed by atoms with Gasteiger partial charge in [-0.1, -0.05) is 6.07 Å². The van der Waals surface area contributed by atoms with Gasteiger partial charge in [0.1, 0.15) is 53.8 Å². The highest BCUT2D eigenvalue weighted by atomic mass is 16.7. The van der Waals surface area contributed by atoms with Crippen LogP contribution in [0, 0.1) is 0 Å². The molecule has 0 saturated carbocycles. The van der Waals surface area contributed by atoms with Gasteiger partial charge in [-0.3, -0.25) is 4.79 Å². The van der Waals surface area contributed by atoms with Crippen LogP contribution in [0.3, 0.4) is 0 Å². The van der Waals surface area contributed by atoms with E-state index in [2.05, 4.69) is 0 Å². The van der Waals surface area contributed by atoms with Gasteiger partial charge in [0.05, 0.1) is 5.56 Å². The van der Waals surface area contributed by atoms with E-state index in [4.69, 9.17) is 14.2 Å². The van der Waals surface area contributed by atoms with E-state index in [1.54, 1.807) is 0 Å². The van der Waals surface area contributed by atoms with Gasteiger partial charge in [-0.2, -0.15) is 0 Å². The number of hydrogen-bond donors (Lipinski definition) is 10. The minimum atomic E-state index is -1.87. The van der Waals surface area contributed by atoms with E-state index >= 15 is 0 Å². The van der Waals surface area contributed by atoms with Gasteiger partial charge >= 0.3 is 5.97 Å². The number of hydrogen-bond acceptors (Lipinski definition) is 15. The number of carbonyl (C=O) groups excluding carboxylic acids is 2. The van der Waals surface area contributed by atoms with Crippen molar-refractivity contribution < 1.29 is 74.9 Å². The van der Waals surface area contributed by atoms with Gasteiger partial charge in [0.15, 0.2) is 34.5 Å². The predicted octanol–water partition coefficient (Wildman–Crippen LogP) is 0.485. The van der Waals surface area contributed by atoms with Crippen LogP contribution in [0.4, 0.5) is 0 Å². The summed E-state index contributed by atoms with van der Waals surface area (Å²) >= 11 is 0. The van der Waals surface area contributed by atoms with Crippen molar-refractivity contribution >= 4 is 11.8 Å². The van der Waals surface area contributed by atoms with E-state index in [0.717, 1.165) is 24.3 Å². The van der Waals surface area contributed by atoms with Crippen LogP contribution in [0.15, 0.2) is 42.5 Å². The minimum absolute atomic E-state index is 0.104. The Labute approximate surface area is 242 Å². The number of carbonyl (C=O) groups is 2. The molecular formula is C28H28O15. The molecule has 15 nitrogen and oxygen atoms in total. The molecule has 4 rings (SSSR count). The molecule has 43 heavy (non-hydrogen) atoms. The summed E-state index contributed by atoms with van der Waals surface area (Å²) in [5.74, 6) is -6.64. The number of ether oxygens (including phenoxy) is 3. The maximum atomic E-state index is 12.7. The zero-order chi connectivity index (χ0) is 31.6. The molecule has 0 unspecified atom stereocenters. The van der Waals surface area contributed by atoms with E-state index in [-0.39, 0.29) is 35.7 Å². The lowest BCUT2D eigenvalue weighted by Crippen LogP contribution is -2.60. The number of aliphatic hydroxyl groups excluding tert-OH is 3. The SMILES string of the molecule is O=C(OC[C@H]1O[C@@H](Oc2cc(O)c(C(=O)CCc3ccc(O)c(O)c3)c(O)c2)[C@H](O)[C@@H](O)[C@@H]1O)c1cc(O)c(O)c(O)c1. The van der Waals surface area contributed by atoms with Crippen molar-refractivity contribution in [3.63, 3.8) is 0 Å². The zero-order valence-electron chi connectivity index (χ0n) is 22.1. The van der Waals surface area contributed by atoms with Gasteiger partial charge in [0, 0.05) is 18.6 Å². The molecule has 0 bridgehead atoms. The number of rotatable bonds is 9. The number of ketones is 1. The van der Waals surface area contributed by atoms with E-state index in [1.807, 2.05) is 0 Å². The minimum Gasteiger partial charge on any atom is -0.507 e. The van der Waals surface area contributed by atoms with Crippen LogP contribution in [0.25, 0.3) is 0 Å². The Kier molecular flexibility index (Phi) is 9.01. The number of aryl methyl sites for hydroxylation is 1. The highest BCUT2D eigenvalue weighted by Crippen LogP contribution is 2.37. The van der Waals surface area contributed by atoms with Crippen LogP contribution in [0.1, 0.15) is 32.7 Å². The lowest BCUT2D eigenvalue weighted by Gasteiger charge is -2.39. The lowest BCUT2D eigenvalue weighted by atomic mass is 9.99. The Balaban J connectivity index is 1.42. The van der Waals surface area contributed by atoms with Gasteiger partial charge in [-0.25, -0.2) is 4.79 Å². The molecule has 0 spiro atoms. The standard InChI is InChI=1S/C28H28O15/c29-14-3-1-11(5-16(14)31)2-4-15(30)22-17(32)8-13(9-18(22)33)42-28-26(39)25(38)24(37)21(43-28)10-41-27(40)12-6-19(34)23(36)20(35)7-12/h1,3,5-9,21,24-26,28-29,31-39H,2,4,10H2/t21-,24-,25+,26-,28-/m1/s1. The molecule has 0 radical (unpaired) electrons. The fourth-order valence-electron chi connectivity index (χ4n) is 4.30. The van der Waals surface area contributed by atoms with E-state index in [9.17, 15) is 60.7 Å². The normalized spacial score (nSPS) is 21.7. The van der Waals surface area contributed by atoms with Gasteiger partial charge in [0.25, 0.3) is 0 Å². The summed E-state index contributed by atoms with van der Waals surface area (Å²) in [4.78, 5) is 25.0. The van der Waals surface area contributed by atoms with Gasteiger partial charge < -0.3 is 65.3 Å². The summed E-state index contributed by atoms with van der Waals surface area (Å²) in [5.41, 5.74) is -0.299. The third kappa shape index (κ3) is 6.76. The molecule has 1 aliphatic rings. The summed E-state index contributed by atoms with van der Waals surface area (Å²) in [5, 5.41) is 99.4.